The Morgan fingerprint density at radius 2 is 2.00 bits per heavy atom. The Kier molecular flexibility index (Phi) is 6.68. The number of carbonyl (C=O) groups excluding carboxylic acids is 1. The van der Waals surface area contributed by atoms with Crippen LogP contribution in [0.1, 0.15) is 47.8 Å². The molecule has 0 unspecified atom stereocenters. The highest BCUT2D eigenvalue weighted by Gasteiger charge is 2.30. The van der Waals surface area contributed by atoms with Crippen LogP contribution in [-0.4, -0.2) is 49.4 Å². The maximum atomic E-state index is 13.0. The lowest BCUT2D eigenvalue weighted by Crippen LogP contribution is -3.11. The molecule has 2 heterocycles. The molecular formula is C21H32BrN3O3+2. The van der Waals surface area contributed by atoms with Crippen LogP contribution in [0.3, 0.4) is 0 Å². The summed E-state index contributed by atoms with van der Waals surface area (Å²) in [6.45, 7) is 5.85. The Hall–Kier alpha value is -1.57. The first-order valence-corrected chi connectivity index (χ1v) is 11.0. The van der Waals surface area contributed by atoms with Crippen LogP contribution in [0.5, 0.6) is 5.75 Å². The number of ether oxygens (including phenoxy) is 1. The number of hydrogen-bond donors (Lipinski definition) is 3. The fraction of sp³-hybridized carbons (Fsp3) is 0.571. The van der Waals surface area contributed by atoms with E-state index in [0.717, 1.165) is 41.8 Å². The van der Waals surface area contributed by atoms with Crippen molar-refractivity contribution < 1.29 is 24.4 Å². The second-order valence-electron chi connectivity index (χ2n) is 8.05. The highest BCUT2D eigenvalue weighted by atomic mass is 79.9. The average Bonchev–Trinajstić information content (AvgIpc) is 2.92. The molecular weight excluding hydrogens is 422 g/mol. The lowest BCUT2D eigenvalue weighted by atomic mass is 10.0. The summed E-state index contributed by atoms with van der Waals surface area (Å²) >= 11 is 3.50. The van der Waals surface area contributed by atoms with Gasteiger partial charge in [-0.2, -0.15) is 0 Å². The second-order valence-corrected chi connectivity index (χ2v) is 8.91. The Morgan fingerprint density at radius 3 is 2.61 bits per heavy atom. The van der Waals surface area contributed by atoms with Crippen molar-refractivity contribution in [1.29, 1.82) is 0 Å². The molecule has 3 rings (SSSR count). The molecule has 0 amide bonds. The molecule has 2 aromatic rings. The zero-order valence-electron chi connectivity index (χ0n) is 17.3. The van der Waals surface area contributed by atoms with Crippen molar-refractivity contribution >= 4 is 32.8 Å². The van der Waals surface area contributed by atoms with Crippen LogP contribution in [0.2, 0.25) is 0 Å². The highest BCUT2D eigenvalue weighted by Crippen LogP contribution is 2.38. The van der Waals surface area contributed by atoms with Crippen molar-refractivity contribution in [3.05, 3.63) is 27.4 Å². The molecule has 0 bridgehead atoms. The van der Waals surface area contributed by atoms with Gasteiger partial charge >= 0.3 is 5.97 Å². The van der Waals surface area contributed by atoms with Gasteiger partial charge < -0.3 is 24.2 Å². The maximum Gasteiger partial charge on any atom is 0.340 e. The van der Waals surface area contributed by atoms with E-state index >= 15 is 0 Å². The van der Waals surface area contributed by atoms with E-state index in [-0.39, 0.29) is 11.7 Å². The van der Waals surface area contributed by atoms with Gasteiger partial charge in [0.1, 0.15) is 18.8 Å². The third-order valence-electron chi connectivity index (χ3n) is 5.63. The normalized spacial score (nSPS) is 15.5. The lowest BCUT2D eigenvalue weighted by Gasteiger charge is -2.24. The van der Waals surface area contributed by atoms with Crippen LogP contribution in [-0.2, 0) is 24.9 Å². The summed E-state index contributed by atoms with van der Waals surface area (Å²) in [5.74, 6) is -0.0852. The van der Waals surface area contributed by atoms with E-state index in [4.69, 9.17) is 4.74 Å². The summed E-state index contributed by atoms with van der Waals surface area (Å²) in [6, 6.07) is 1.91. The van der Waals surface area contributed by atoms with E-state index in [1.165, 1.54) is 29.1 Å². The number of esters is 1. The summed E-state index contributed by atoms with van der Waals surface area (Å²) in [4.78, 5) is 15.7. The van der Waals surface area contributed by atoms with Gasteiger partial charge in [-0.3, -0.25) is 0 Å². The molecule has 0 radical (unpaired) electrons. The van der Waals surface area contributed by atoms with Crippen LogP contribution < -0.4 is 9.80 Å². The van der Waals surface area contributed by atoms with Gasteiger partial charge in [-0.25, -0.2) is 4.79 Å². The minimum atomic E-state index is -0.295. The van der Waals surface area contributed by atoms with Crippen molar-refractivity contribution in [1.82, 2.24) is 4.57 Å². The Labute approximate surface area is 175 Å². The Balaban J connectivity index is 2.24. The van der Waals surface area contributed by atoms with Crippen LogP contribution in [0.4, 0.5) is 0 Å². The molecule has 0 aliphatic carbocycles. The van der Waals surface area contributed by atoms with Gasteiger partial charge in [0, 0.05) is 12.4 Å². The molecule has 1 fully saturated rings. The standard InChI is InChI=1S/C21H30BrN3O3/c1-5-28-21(27)19-17(13-25-9-7-6-8-10-25)24(4)16-11-15(22)20(26)14(18(16)19)12-23(2)3/h11,26H,5-10,12-13H2,1-4H3/p+2. The van der Waals surface area contributed by atoms with Crippen LogP contribution in [0.25, 0.3) is 10.9 Å². The van der Waals surface area contributed by atoms with E-state index < -0.39 is 0 Å². The quantitative estimate of drug-likeness (QED) is 0.572. The number of rotatable bonds is 6. The third kappa shape index (κ3) is 4.07. The largest absolute Gasteiger partial charge is 0.506 e. The summed E-state index contributed by atoms with van der Waals surface area (Å²) in [5.41, 5.74) is 3.37. The first-order chi connectivity index (χ1) is 13.3. The first kappa shape index (κ1) is 21.1. The number of phenolic OH excluding ortho intramolecular Hbond substituents is 1. The zero-order valence-corrected chi connectivity index (χ0v) is 18.9. The van der Waals surface area contributed by atoms with E-state index in [9.17, 15) is 9.90 Å². The molecule has 1 aromatic heterocycles. The van der Waals surface area contributed by atoms with Gasteiger partial charge in [-0.1, -0.05) is 0 Å². The molecule has 0 atom stereocenters. The first-order valence-electron chi connectivity index (χ1n) is 10.2. The number of fused-ring (bicyclic) bond motifs is 1. The maximum absolute atomic E-state index is 13.0. The van der Waals surface area contributed by atoms with Gasteiger partial charge in [-0.05, 0) is 48.2 Å². The fourth-order valence-electron chi connectivity index (χ4n) is 4.30. The number of hydrogen-bond acceptors (Lipinski definition) is 3. The Bertz CT molecular complexity index is 870. The Morgan fingerprint density at radius 1 is 1.32 bits per heavy atom. The number of quaternary nitrogens is 2. The van der Waals surface area contributed by atoms with E-state index in [2.05, 4.69) is 20.5 Å². The molecule has 1 saturated heterocycles. The van der Waals surface area contributed by atoms with Crippen molar-refractivity contribution in [3.63, 3.8) is 0 Å². The number of nitrogens with one attached hydrogen (secondary N) is 2. The topological polar surface area (TPSA) is 60.3 Å². The average molecular weight is 454 g/mol. The third-order valence-corrected chi connectivity index (χ3v) is 6.23. The smallest absolute Gasteiger partial charge is 0.340 e. The summed E-state index contributed by atoms with van der Waals surface area (Å²) < 4.78 is 8.22. The van der Waals surface area contributed by atoms with Gasteiger partial charge in [0.2, 0.25) is 0 Å². The molecule has 0 saturated carbocycles. The van der Waals surface area contributed by atoms with Gasteiger partial charge in [0.25, 0.3) is 0 Å². The number of nitrogens with zero attached hydrogens (tertiary/aromatic N) is 1. The lowest BCUT2D eigenvalue weighted by molar-refractivity contribution is -0.918. The zero-order chi connectivity index (χ0) is 20.4. The van der Waals surface area contributed by atoms with Crippen molar-refractivity contribution in [2.24, 2.45) is 7.05 Å². The van der Waals surface area contributed by atoms with Gasteiger partial charge in [0.15, 0.2) is 0 Å². The molecule has 154 valence electrons. The molecule has 6 nitrogen and oxygen atoms in total. The summed E-state index contributed by atoms with van der Waals surface area (Å²) in [5, 5.41) is 11.6. The van der Waals surface area contributed by atoms with Crippen molar-refractivity contribution in [2.45, 2.75) is 39.3 Å². The number of aromatic nitrogens is 1. The fourth-order valence-corrected chi connectivity index (χ4v) is 4.76. The van der Waals surface area contributed by atoms with Crippen LogP contribution >= 0.6 is 15.9 Å². The second kappa shape index (κ2) is 8.84. The number of piperidine rings is 1. The molecule has 1 aliphatic rings. The van der Waals surface area contributed by atoms with Gasteiger partial charge in [-0.15, -0.1) is 0 Å². The summed E-state index contributed by atoms with van der Waals surface area (Å²) in [7, 11) is 6.09. The predicted octanol–water partition coefficient (Wildman–Crippen LogP) is 1.04. The van der Waals surface area contributed by atoms with Crippen LogP contribution in [0.15, 0.2) is 10.5 Å². The molecule has 3 N–H and O–H groups in total. The van der Waals surface area contributed by atoms with E-state index in [0.29, 0.717) is 23.2 Å². The SMILES string of the molecule is CCOC(=O)c1c(C[NH+]2CCCCC2)n(C)c2cc(Br)c(O)c(C[NH+](C)C)c12. The van der Waals surface area contributed by atoms with Crippen molar-refractivity contribution in [2.75, 3.05) is 33.8 Å². The number of halogens is 1. The number of benzene rings is 1. The minimum Gasteiger partial charge on any atom is -0.506 e. The molecule has 1 aliphatic heterocycles. The monoisotopic (exact) mass is 453 g/mol. The minimum absolute atomic E-state index is 0.210. The number of aryl methyl sites for hydroxylation is 1. The van der Waals surface area contributed by atoms with Crippen LogP contribution in [0, 0.1) is 0 Å². The molecule has 1 aromatic carbocycles. The predicted molar refractivity (Wildman–Crippen MR) is 113 cm³/mol. The molecule has 7 heteroatoms. The number of phenols is 1. The number of aromatic hydroxyl groups is 1. The van der Waals surface area contributed by atoms with Crippen molar-refractivity contribution in [3.8, 4) is 5.75 Å². The highest BCUT2D eigenvalue weighted by molar-refractivity contribution is 9.10. The number of carbonyl (C=O) groups is 1. The molecule has 0 spiro atoms. The van der Waals surface area contributed by atoms with Gasteiger partial charge in [0.05, 0.1) is 60.6 Å². The molecule has 28 heavy (non-hydrogen) atoms. The van der Waals surface area contributed by atoms with E-state index in [1.807, 2.05) is 34.1 Å². The number of likely N-dealkylation sites (tertiary alicyclic amines) is 1. The summed E-state index contributed by atoms with van der Waals surface area (Å²) in [6.07, 6.45) is 3.76. The van der Waals surface area contributed by atoms with E-state index in [1.54, 1.807) is 0 Å².